The van der Waals surface area contributed by atoms with Crippen LogP contribution in [-0.2, 0) is 16.1 Å². The molecule has 0 fully saturated rings. The number of carbonyl (C=O) groups is 2. The van der Waals surface area contributed by atoms with Gasteiger partial charge in [-0.1, -0.05) is 30.3 Å². The monoisotopic (exact) mass is 357 g/mol. The van der Waals surface area contributed by atoms with E-state index in [9.17, 15) is 9.59 Å². The molecule has 2 aromatic carbocycles. The lowest BCUT2D eigenvalue weighted by molar-refractivity contribution is -0.139. The van der Waals surface area contributed by atoms with Gasteiger partial charge in [0.05, 0.1) is 6.61 Å². The zero-order valence-electron chi connectivity index (χ0n) is 14.8. The van der Waals surface area contributed by atoms with Crippen LogP contribution < -0.4 is 9.47 Å². The van der Waals surface area contributed by atoms with Crippen LogP contribution in [0.15, 0.2) is 54.6 Å². The molecule has 2 aromatic rings. The van der Waals surface area contributed by atoms with E-state index in [-0.39, 0.29) is 12.5 Å². The van der Waals surface area contributed by atoms with Crippen LogP contribution in [0.2, 0.25) is 0 Å². The first-order chi connectivity index (χ1) is 12.5. The summed E-state index contributed by atoms with van der Waals surface area (Å²) in [6, 6.07) is 16.6. The second kappa shape index (κ2) is 10.1. The van der Waals surface area contributed by atoms with Crippen LogP contribution >= 0.6 is 0 Å². The van der Waals surface area contributed by atoms with E-state index in [0.717, 1.165) is 11.3 Å². The molecule has 138 valence electrons. The van der Waals surface area contributed by atoms with Crippen molar-refractivity contribution in [1.29, 1.82) is 0 Å². The maximum atomic E-state index is 12.2. The molecule has 0 spiro atoms. The molecular formula is C20H23NO5. The molecule has 0 aliphatic heterocycles. The number of para-hydroxylation sites is 1. The average Bonchev–Trinajstić information content (AvgIpc) is 2.65. The molecule has 0 aliphatic carbocycles. The molecule has 6 heteroatoms. The summed E-state index contributed by atoms with van der Waals surface area (Å²) in [7, 11) is 1.76. The lowest BCUT2D eigenvalue weighted by atomic mass is 10.2. The van der Waals surface area contributed by atoms with Crippen LogP contribution in [0.4, 0.5) is 0 Å². The SMILES string of the molecule is CN(Cc1ccc(OCC(=O)O)cc1)C(=O)CCCOc1ccccc1. The molecule has 0 radical (unpaired) electrons. The molecule has 1 N–H and O–H groups in total. The third-order valence-electron chi connectivity index (χ3n) is 3.68. The summed E-state index contributed by atoms with van der Waals surface area (Å²) in [5, 5.41) is 8.58. The molecule has 0 aliphatic rings. The molecule has 2 rings (SSSR count). The Hall–Kier alpha value is -3.02. The Morgan fingerprint density at radius 1 is 0.962 bits per heavy atom. The molecule has 0 heterocycles. The van der Waals surface area contributed by atoms with Crippen molar-refractivity contribution in [2.24, 2.45) is 0 Å². The number of carboxylic acids is 1. The van der Waals surface area contributed by atoms with E-state index in [0.29, 0.717) is 31.7 Å². The number of carboxylic acid groups (broad SMARTS) is 1. The first-order valence-electron chi connectivity index (χ1n) is 8.40. The van der Waals surface area contributed by atoms with Crippen molar-refractivity contribution in [3.8, 4) is 11.5 Å². The van der Waals surface area contributed by atoms with Crippen LogP contribution in [0, 0.1) is 0 Å². The molecule has 0 saturated heterocycles. The van der Waals surface area contributed by atoms with Gasteiger partial charge in [-0.3, -0.25) is 4.79 Å². The molecule has 0 bridgehead atoms. The zero-order chi connectivity index (χ0) is 18.8. The van der Waals surface area contributed by atoms with Crippen molar-refractivity contribution in [1.82, 2.24) is 4.90 Å². The Bertz CT molecular complexity index is 700. The average molecular weight is 357 g/mol. The van der Waals surface area contributed by atoms with Crippen LogP contribution in [0.1, 0.15) is 18.4 Å². The molecule has 6 nitrogen and oxygen atoms in total. The van der Waals surface area contributed by atoms with Gasteiger partial charge in [0.1, 0.15) is 11.5 Å². The van der Waals surface area contributed by atoms with Gasteiger partial charge < -0.3 is 19.5 Å². The van der Waals surface area contributed by atoms with Crippen LogP contribution in [-0.4, -0.2) is 42.1 Å². The van der Waals surface area contributed by atoms with Gasteiger partial charge in [-0.25, -0.2) is 4.79 Å². The molecule has 0 unspecified atom stereocenters. The Labute approximate surface area is 153 Å². The number of nitrogens with zero attached hydrogens (tertiary/aromatic N) is 1. The fraction of sp³-hybridized carbons (Fsp3) is 0.300. The molecule has 1 amide bonds. The highest BCUT2D eigenvalue weighted by molar-refractivity contribution is 5.75. The van der Waals surface area contributed by atoms with E-state index < -0.39 is 5.97 Å². The van der Waals surface area contributed by atoms with Crippen molar-refractivity contribution in [2.75, 3.05) is 20.3 Å². The predicted molar refractivity (Wildman–Crippen MR) is 97.2 cm³/mol. The summed E-state index contributed by atoms with van der Waals surface area (Å²) in [6.07, 6.45) is 1.07. The lowest BCUT2D eigenvalue weighted by Gasteiger charge is -2.17. The number of rotatable bonds is 10. The second-order valence-electron chi connectivity index (χ2n) is 5.84. The van der Waals surface area contributed by atoms with Gasteiger partial charge in [-0.2, -0.15) is 0 Å². The van der Waals surface area contributed by atoms with E-state index in [1.165, 1.54) is 0 Å². The third-order valence-corrected chi connectivity index (χ3v) is 3.68. The van der Waals surface area contributed by atoms with Gasteiger partial charge >= 0.3 is 5.97 Å². The van der Waals surface area contributed by atoms with Gasteiger partial charge in [0.2, 0.25) is 5.91 Å². The first kappa shape index (κ1) is 19.3. The molecule has 0 saturated carbocycles. The van der Waals surface area contributed by atoms with E-state index in [1.807, 2.05) is 42.5 Å². The van der Waals surface area contributed by atoms with Crippen molar-refractivity contribution in [3.05, 3.63) is 60.2 Å². The minimum atomic E-state index is -1.02. The Balaban J connectivity index is 1.70. The molecule has 0 aromatic heterocycles. The van der Waals surface area contributed by atoms with Gasteiger partial charge in [0.15, 0.2) is 6.61 Å². The summed E-state index contributed by atoms with van der Waals surface area (Å²) in [6.45, 7) is 0.611. The second-order valence-corrected chi connectivity index (χ2v) is 5.84. The summed E-state index contributed by atoms with van der Waals surface area (Å²) >= 11 is 0. The van der Waals surface area contributed by atoms with E-state index in [4.69, 9.17) is 14.6 Å². The normalized spacial score (nSPS) is 10.2. The summed E-state index contributed by atoms with van der Waals surface area (Å²) in [5.74, 6) is 0.324. The van der Waals surface area contributed by atoms with E-state index in [1.54, 1.807) is 24.1 Å². The number of aliphatic carboxylic acids is 1. The maximum absolute atomic E-state index is 12.2. The fourth-order valence-electron chi connectivity index (χ4n) is 2.32. The summed E-state index contributed by atoms with van der Waals surface area (Å²) in [5.41, 5.74) is 0.948. The minimum Gasteiger partial charge on any atom is -0.494 e. The number of ether oxygens (including phenoxy) is 2. The fourth-order valence-corrected chi connectivity index (χ4v) is 2.32. The van der Waals surface area contributed by atoms with Gasteiger partial charge in [-0.05, 0) is 36.2 Å². The molecule has 0 atom stereocenters. The number of carbonyl (C=O) groups excluding carboxylic acids is 1. The minimum absolute atomic E-state index is 0.0489. The van der Waals surface area contributed by atoms with Gasteiger partial charge in [0, 0.05) is 20.0 Å². The van der Waals surface area contributed by atoms with Crippen LogP contribution in [0.3, 0.4) is 0 Å². The van der Waals surface area contributed by atoms with Crippen molar-refractivity contribution in [3.63, 3.8) is 0 Å². The van der Waals surface area contributed by atoms with Gasteiger partial charge in [0.25, 0.3) is 0 Å². The maximum Gasteiger partial charge on any atom is 0.341 e. The number of benzene rings is 2. The van der Waals surface area contributed by atoms with Crippen LogP contribution in [0.25, 0.3) is 0 Å². The molecule has 26 heavy (non-hydrogen) atoms. The standard InChI is InChI=1S/C20H23NO5/c1-21(14-16-9-11-18(12-10-16)26-15-20(23)24)19(22)8-5-13-25-17-6-3-2-4-7-17/h2-4,6-7,9-12H,5,8,13-15H2,1H3,(H,23,24). The zero-order valence-corrected chi connectivity index (χ0v) is 14.8. The van der Waals surface area contributed by atoms with Crippen molar-refractivity contribution in [2.45, 2.75) is 19.4 Å². The Kier molecular flexibility index (Phi) is 7.49. The quantitative estimate of drug-likeness (QED) is 0.662. The van der Waals surface area contributed by atoms with Crippen molar-refractivity contribution < 1.29 is 24.2 Å². The Morgan fingerprint density at radius 2 is 1.62 bits per heavy atom. The van der Waals surface area contributed by atoms with Gasteiger partial charge in [-0.15, -0.1) is 0 Å². The highest BCUT2D eigenvalue weighted by atomic mass is 16.5. The predicted octanol–water partition coefficient (Wildman–Crippen LogP) is 2.97. The number of hydrogen-bond acceptors (Lipinski definition) is 4. The van der Waals surface area contributed by atoms with E-state index in [2.05, 4.69) is 0 Å². The Morgan fingerprint density at radius 3 is 2.27 bits per heavy atom. The lowest BCUT2D eigenvalue weighted by Crippen LogP contribution is -2.26. The number of hydrogen-bond donors (Lipinski definition) is 1. The largest absolute Gasteiger partial charge is 0.494 e. The van der Waals surface area contributed by atoms with Crippen LogP contribution in [0.5, 0.6) is 11.5 Å². The van der Waals surface area contributed by atoms with E-state index >= 15 is 0 Å². The summed E-state index contributed by atoms with van der Waals surface area (Å²) in [4.78, 5) is 24.3. The topological polar surface area (TPSA) is 76.1 Å². The third kappa shape index (κ3) is 6.84. The number of amides is 1. The highest BCUT2D eigenvalue weighted by Gasteiger charge is 2.09. The highest BCUT2D eigenvalue weighted by Crippen LogP contribution is 2.14. The molecular weight excluding hydrogens is 334 g/mol. The first-order valence-corrected chi connectivity index (χ1v) is 8.40. The smallest absolute Gasteiger partial charge is 0.341 e. The van der Waals surface area contributed by atoms with Crippen molar-refractivity contribution >= 4 is 11.9 Å². The summed E-state index contributed by atoms with van der Waals surface area (Å²) < 4.78 is 10.7.